The number of aromatic carboxylic acids is 1. The standard InChI is InChI=1S/C21H23NO3/c1-25-19-10-16(15-11-21(12-15)7-8-22-13-21)18(20(23)24)9-17(19)14-5-3-2-4-6-14/h2-6,9-10,15,22H,7-8,11-13H2,1H3,(H,23,24). The van der Waals surface area contributed by atoms with Gasteiger partial charge in [0, 0.05) is 12.1 Å². The van der Waals surface area contributed by atoms with Crippen molar-refractivity contribution in [1.82, 2.24) is 5.32 Å². The molecule has 1 aliphatic heterocycles. The minimum absolute atomic E-state index is 0.310. The molecule has 1 saturated heterocycles. The fourth-order valence-corrected chi connectivity index (χ4v) is 4.48. The lowest BCUT2D eigenvalue weighted by molar-refractivity contribution is 0.0688. The summed E-state index contributed by atoms with van der Waals surface area (Å²) >= 11 is 0. The van der Waals surface area contributed by atoms with Gasteiger partial charge in [-0.25, -0.2) is 4.79 Å². The van der Waals surface area contributed by atoms with E-state index in [1.165, 1.54) is 6.42 Å². The van der Waals surface area contributed by atoms with Gasteiger partial charge in [-0.15, -0.1) is 0 Å². The number of ether oxygens (including phenoxy) is 1. The Morgan fingerprint density at radius 3 is 2.60 bits per heavy atom. The summed E-state index contributed by atoms with van der Waals surface area (Å²) in [7, 11) is 1.65. The Morgan fingerprint density at radius 1 is 1.24 bits per heavy atom. The molecule has 1 aliphatic carbocycles. The Balaban J connectivity index is 1.73. The van der Waals surface area contributed by atoms with E-state index in [1.807, 2.05) is 36.4 Å². The maximum absolute atomic E-state index is 11.9. The zero-order chi connectivity index (χ0) is 17.4. The van der Waals surface area contributed by atoms with Gasteiger partial charge >= 0.3 is 5.97 Å². The summed E-state index contributed by atoms with van der Waals surface area (Å²) in [4.78, 5) is 11.9. The molecular weight excluding hydrogens is 314 g/mol. The Hall–Kier alpha value is -2.33. The van der Waals surface area contributed by atoms with E-state index in [0.29, 0.717) is 16.9 Å². The average Bonchev–Trinajstić information content (AvgIpc) is 3.10. The van der Waals surface area contributed by atoms with Gasteiger partial charge in [-0.2, -0.15) is 0 Å². The second-order valence-electron chi connectivity index (χ2n) is 7.34. The molecule has 0 radical (unpaired) electrons. The first-order valence-corrected chi connectivity index (χ1v) is 8.83. The number of nitrogens with one attached hydrogen (secondary N) is 1. The van der Waals surface area contributed by atoms with Crippen molar-refractivity contribution in [3.63, 3.8) is 0 Å². The fraction of sp³-hybridized carbons (Fsp3) is 0.381. The van der Waals surface area contributed by atoms with Crippen LogP contribution in [0.4, 0.5) is 0 Å². The molecule has 25 heavy (non-hydrogen) atoms. The Kier molecular flexibility index (Phi) is 4.00. The van der Waals surface area contributed by atoms with Crippen molar-refractivity contribution in [2.24, 2.45) is 5.41 Å². The van der Waals surface area contributed by atoms with E-state index in [0.717, 1.165) is 48.4 Å². The van der Waals surface area contributed by atoms with Gasteiger partial charge in [0.05, 0.1) is 12.7 Å². The van der Waals surface area contributed by atoms with Crippen LogP contribution in [0, 0.1) is 5.41 Å². The molecule has 2 aromatic carbocycles. The van der Waals surface area contributed by atoms with Crippen molar-refractivity contribution in [3.05, 3.63) is 53.6 Å². The smallest absolute Gasteiger partial charge is 0.335 e. The molecule has 0 unspecified atom stereocenters. The van der Waals surface area contributed by atoms with Gasteiger partial charge in [0.1, 0.15) is 5.75 Å². The third kappa shape index (κ3) is 2.81. The highest BCUT2D eigenvalue weighted by Crippen LogP contribution is 2.55. The lowest BCUT2D eigenvalue weighted by atomic mass is 9.59. The first-order valence-electron chi connectivity index (χ1n) is 8.83. The predicted molar refractivity (Wildman–Crippen MR) is 97.3 cm³/mol. The van der Waals surface area contributed by atoms with Crippen LogP contribution in [0.3, 0.4) is 0 Å². The number of methoxy groups -OCH3 is 1. The summed E-state index contributed by atoms with van der Waals surface area (Å²) < 4.78 is 5.61. The second-order valence-corrected chi connectivity index (χ2v) is 7.34. The maximum Gasteiger partial charge on any atom is 0.335 e. The van der Waals surface area contributed by atoms with Crippen LogP contribution in [-0.2, 0) is 0 Å². The second kappa shape index (κ2) is 6.19. The number of carboxylic acid groups (broad SMARTS) is 1. The SMILES string of the molecule is COc1cc(C2CC3(CCNC3)C2)c(C(=O)O)cc1-c1ccccc1. The first kappa shape index (κ1) is 16.2. The van der Waals surface area contributed by atoms with Gasteiger partial charge in [0.15, 0.2) is 0 Å². The largest absolute Gasteiger partial charge is 0.496 e. The van der Waals surface area contributed by atoms with Crippen LogP contribution in [0.2, 0.25) is 0 Å². The van der Waals surface area contributed by atoms with E-state index < -0.39 is 5.97 Å². The summed E-state index contributed by atoms with van der Waals surface area (Å²) in [5, 5.41) is 13.2. The van der Waals surface area contributed by atoms with E-state index in [1.54, 1.807) is 13.2 Å². The fourth-order valence-electron chi connectivity index (χ4n) is 4.48. The number of carboxylic acids is 1. The summed E-state index contributed by atoms with van der Waals surface area (Å²) in [6, 6.07) is 13.5. The summed E-state index contributed by atoms with van der Waals surface area (Å²) in [6.07, 6.45) is 3.33. The van der Waals surface area contributed by atoms with E-state index in [4.69, 9.17) is 4.74 Å². The molecule has 1 spiro atoms. The third-order valence-corrected chi connectivity index (χ3v) is 5.82. The first-order chi connectivity index (χ1) is 12.1. The van der Waals surface area contributed by atoms with Crippen LogP contribution in [0.1, 0.15) is 41.1 Å². The van der Waals surface area contributed by atoms with Crippen molar-refractivity contribution in [3.8, 4) is 16.9 Å². The highest BCUT2D eigenvalue weighted by Gasteiger charge is 2.47. The number of carbonyl (C=O) groups is 1. The lowest BCUT2D eigenvalue weighted by Gasteiger charge is -2.45. The molecule has 4 rings (SSSR count). The average molecular weight is 337 g/mol. The Morgan fingerprint density at radius 2 is 2.00 bits per heavy atom. The normalized spacial score (nSPS) is 24.9. The molecule has 4 heteroatoms. The molecule has 0 amide bonds. The number of rotatable bonds is 4. The zero-order valence-electron chi connectivity index (χ0n) is 14.4. The van der Waals surface area contributed by atoms with Crippen LogP contribution in [0.15, 0.2) is 42.5 Å². The van der Waals surface area contributed by atoms with Gasteiger partial charge in [-0.05, 0) is 60.4 Å². The van der Waals surface area contributed by atoms with Crippen molar-refractivity contribution in [2.75, 3.05) is 20.2 Å². The van der Waals surface area contributed by atoms with Crippen LogP contribution >= 0.6 is 0 Å². The molecule has 0 aromatic heterocycles. The van der Waals surface area contributed by atoms with E-state index in [9.17, 15) is 9.90 Å². The molecule has 2 N–H and O–H groups in total. The minimum atomic E-state index is -0.861. The highest BCUT2D eigenvalue weighted by atomic mass is 16.5. The molecule has 2 fully saturated rings. The van der Waals surface area contributed by atoms with Gasteiger partial charge in [0.25, 0.3) is 0 Å². The summed E-state index contributed by atoms with van der Waals surface area (Å²) in [6.45, 7) is 2.14. The van der Waals surface area contributed by atoms with E-state index in [2.05, 4.69) is 5.32 Å². The number of hydrogen-bond donors (Lipinski definition) is 2. The minimum Gasteiger partial charge on any atom is -0.496 e. The monoisotopic (exact) mass is 337 g/mol. The molecule has 0 atom stereocenters. The predicted octanol–water partition coefficient (Wildman–Crippen LogP) is 3.92. The van der Waals surface area contributed by atoms with Crippen LogP contribution in [-0.4, -0.2) is 31.3 Å². The molecule has 1 heterocycles. The summed E-state index contributed by atoms with van der Waals surface area (Å²) in [5.74, 6) is 0.196. The van der Waals surface area contributed by atoms with Crippen molar-refractivity contribution in [1.29, 1.82) is 0 Å². The highest BCUT2D eigenvalue weighted by molar-refractivity contribution is 5.92. The van der Waals surface area contributed by atoms with E-state index in [-0.39, 0.29) is 0 Å². The lowest BCUT2D eigenvalue weighted by Crippen LogP contribution is -2.38. The molecule has 1 saturated carbocycles. The third-order valence-electron chi connectivity index (χ3n) is 5.82. The van der Waals surface area contributed by atoms with Gasteiger partial charge in [-0.1, -0.05) is 30.3 Å². The quantitative estimate of drug-likeness (QED) is 0.888. The molecule has 2 aromatic rings. The Bertz CT molecular complexity index is 786. The van der Waals surface area contributed by atoms with Crippen molar-refractivity contribution < 1.29 is 14.6 Å². The van der Waals surface area contributed by atoms with Crippen molar-refractivity contribution in [2.45, 2.75) is 25.2 Å². The molecule has 4 nitrogen and oxygen atoms in total. The molecule has 2 aliphatic rings. The molecule has 130 valence electrons. The van der Waals surface area contributed by atoms with Crippen LogP contribution < -0.4 is 10.1 Å². The molecular formula is C21H23NO3. The zero-order valence-corrected chi connectivity index (χ0v) is 14.4. The maximum atomic E-state index is 11.9. The van der Waals surface area contributed by atoms with Gasteiger partial charge < -0.3 is 15.2 Å². The molecule has 0 bridgehead atoms. The van der Waals surface area contributed by atoms with Crippen molar-refractivity contribution >= 4 is 5.97 Å². The van der Waals surface area contributed by atoms with Crippen LogP contribution in [0.5, 0.6) is 5.75 Å². The number of benzene rings is 2. The van der Waals surface area contributed by atoms with Gasteiger partial charge in [-0.3, -0.25) is 0 Å². The number of hydrogen-bond acceptors (Lipinski definition) is 3. The van der Waals surface area contributed by atoms with E-state index >= 15 is 0 Å². The Labute approximate surface area is 147 Å². The topological polar surface area (TPSA) is 58.6 Å². The summed E-state index contributed by atoms with van der Waals surface area (Å²) in [5.41, 5.74) is 3.51. The van der Waals surface area contributed by atoms with Crippen LogP contribution in [0.25, 0.3) is 11.1 Å². The van der Waals surface area contributed by atoms with Gasteiger partial charge in [0.2, 0.25) is 0 Å².